The minimum Gasteiger partial charge on any atom is -0.344 e. The summed E-state index contributed by atoms with van der Waals surface area (Å²) in [6.45, 7) is 2.34. The number of halogens is 3. The van der Waals surface area contributed by atoms with Crippen LogP contribution < -0.4 is 4.90 Å². The Morgan fingerprint density at radius 1 is 1.21 bits per heavy atom. The largest absolute Gasteiger partial charge is 0.344 e. The molecule has 0 N–H and O–H groups in total. The Labute approximate surface area is 163 Å². The van der Waals surface area contributed by atoms with Gasteiger partial charge in [-0.3, -0.25) is 4.79 Å². The lowest BCUT2D eigenvalue weighted by molar-refractivity contribution is -0.140. The second-order valence-electron chi connectivity index (χ2n) is 6.90. The summed E-state index contributed by atoms with van der Waals surface area (Å²) in [5.41, 5.74) is 0.306. The molecule has 0 radical (unpaired) electrons. The molecule has 6 nitrogen and oxygen atoms in total. The van der Waals surface area contributed by atoms with Crippen LogP contribution in [-0.2, 0) is 4.79 Å². The van der Waals surface area contributed by atoms with E-state index in [0.29, 0.717) is 30.1 Å². The molecule has 1 aromatic carbocycles. The van der Waals surface area contributed by atoms with Gasteiger partial charge in [0.25, 0.3) is 0 Å². The third kappa shape index (κ3) is 3.60. The third-order valence-corrected chi connectivity index (χ3v) is 5.87. The van der Waals surface area contributed by atoms with E-state index in [0.717, 1.165) is 16.1 Å². The normalized spacial score (nSPS) is 24.8. The average molecular weight is 409 g/mol. The number of aromatic nitrogens is 2. The van der Waals surface area contributed by atoms with Crippen LogP contribution >= 0.6 is 11.3 Å². The van der Waals surface area contributed by atoms with Gasteiger partial charge in [-0.25, -0.2) is 18.2 Å². The maximum absolute atomic E-state index is 14.8. The molecule has 28 heavy (non-hydrogen) atoms. The van der Waals surface area contributed by atoms with Crippen LogP contribution in [0.2, 0.25) is 0 Å². The molecule has 0 saturated carbocycles. The van der Waals surface area contributed by atoms with Gasteiger partial charge in [0.2, 0.25) is 11.0 Å². The van der Waals surface area contributed by atoms with Gasteiger partial charge in [0.15, 0.2) is 0 Å². The number of piperidine rings is 1. The molecule has 0 unspecified atom stereocenters. The SMILES string of the molecule is Cc1nnc(N2CC[C@@H](C(=O)N3N=CC[C@H]3c3cc(F)cc(F)c3)[C@@H](F)C2)s1. The van der Waals surface area contributed by atoms with E-state index in [-0.39, 0.29) is 6.54 Å². The van der Waals surface area contributed by atoms with Crippen LogP contribution in [-0.4, -0.2) is 46.6 Å². The Morgan fingerprint density at radius 3 is 2.61 bits per heavy atom. The van der Waals surface area contributed by atoms with Gasteiger partial charge in [-0.05, 0) is 31.0 Å². The maximum Gasteiger partial charge on any atom is 0.249 e. The first kappa shape index (κ1) is 18.9. The lowest BCUT2D eigenvalue weighted by Crippen LogP contribution is -2.48. The summed E-state index contributed by atoms with van der Waals surface area (Å²) in [6, 6.07) is 2.49. The molecule has 2 aliphatic heterocycles. The Hall–Kier alpha value is -2.49. The van der Waals surface area contributed by atoms with Gasteiger partial charge in [-0.15, -0.1) is 10.2 Å². The van der Waals surface area contributed by atoms with Crippen molar-refractivity contribution in [2.24, 2.45) is 11.0 Å². The highest BCUT2D eigenvalue weighted by Gasteiger charge is 2.40. The van der Waals surface area contributed by atoms with E-state index in [4.69, 9.17) is 0 Å². The fraction of sp³-hybridized carbons (Fsp3) is 0.444. The molecule has 1 aromatic heterocycles. The Bertz CT molecular complexity index is 900. The van der Waals surface area contributed by atoms with Gasteiger partial charge in [-0.2, -0.15) is 5.10 Å². The zero-order valence-corrected chi connectivity index (χ0v) is 15.9. The summed E-state index contributed by atoms with van der Waals surface area (Å²) in [5.74, 6) is -2.78. The van der Waals surface area contributed by atoms with Crippen molar-refractivity contribution in [3.63, 3.8) is 0 Å². The molecular formula is C18H18F3N5OS. The Balaban J connectivity index is 1.48. The molecule has 1 fully saturated rings. The van der Waals surface area contributed by atoms with Crippen LogP contribution in [0.1, 0.15) is 29.5 Å². The summed E-state index contributed by atoms with van der Waals surface area (Å²) < 4.78 is 42.0. The van der Waals surface area contributed by atoms with Gasteiger partial charge in [0, 0.05) is 25.2 Å². The number of rotatable bonds is 3. The number of hydrogen-bond acceptors (Lipinski definition) is 6. The Kier molecular flexibility index (Phi) is 5.05. The molecule has 0 aliphatic carbocycles. The molecule has 1 amide bonds. The predicted molar refractivity (Wildman–Crippen MR) is 98.9 cm³/mol. The number of carbonyl (C=O) groups is 1. The van der Waals surface area contributed by atoms with Crippen molar-refractivity contribution in [2.75, 3.05) is 18.0 Å². The fourth-order valence-corrected chi connectivity index (χ4v) is 4.33. The van der Waals surface area contributed by atoms with E-state index < -0.39 is 35.7 Å². The van der Waals surface area contributed by atoms with Crippen LogP contribution in [0.25, 0.3) is 0 Å². The van der Waals surface area contributed by atoms with Gasteiger partial charge in [0.05, 0.1) is 18.5 Å². The number of hydrazone groups is 1. The van der Waals surface area contributed by atoms with Crippen molar-refractivity contribution in [1.82, 2.24) is 15.2 Å². The first-order valence-electron chi connectivity index (χ1n) is 8.93. The minimum absolute atomic E-state index is 0.0435. The zero-order chi connectivity index (χ0) is 19.8. The van der Waals surface area contributed by atoms with Crippen LogP contribution in [0.15, 0.2) is 23.3 Å². The van der Waals surface area contributed by atoms with Gasteiger partial charge in [0.1, 0.15) is 22.8 Å². The first-order valence-corrected chi connectivity index (χ1v) is 9.74. The van der Waals surface area contributed by atoms with Gasteiger partial charge in [-0.1, -0.05) is 11.3 Å². The van der Waals surface area contributed by atoms with Crippen molar-refractivity contribution in [3.8, 4) is 0 Å². The van der Waals surface area contributed by atoms with E-state index in [2.05, 4.69) is 15.3 Å². The zero-order valence-electron chi connectivity index (χ0n) is 15.1. The first-order chi connectivity index (χ1) is 13.4. The number of hydrogen-bond donors (Lipinski definition) is 0. The molecular weight excluding hydrogens is 391 g/mol. The van der Waals surface area contributed by atoms with Crippen LogP contribution in [0.4, 0.5) is 18.3 Å². The molecule has 3 atom stereocenters. The minimum atomic E-state index is -1.40. The lowest BCUT2D eigenvalue weighted by Gasteiger charge is -2.35. The summed E-state index contributed by atoms with van der Waals surface area (Å²) in [6.07, 6.45) is 0.743. The van der Waals surface area contributed by atoms with Crippen LogP contribution in [0.3, 0.4) is 0 Å². The molecule has 10 heteroatoms. The molecule has 0 spiro atoms. The molecule has 2 aliphatic rings. The fourth-order valence-electron chi connectivity index (χ4n) is 3.61. The number of carbonyl (C=O) groups excluding carboxylic acids is 1. The highest BCUT2D eigenvalue weighted by Crippen LogP contribution is 2.34. The van der Waals surface area contributed by atoms with Crippen LogP contribution in [0, 0.1) is 24.5 Å². The quantitative estimate of drug-likeness (QED) is 0.781. The van der Waals surface area contributed by atoms with Gasteiger partial charge >= 0.3 is 0 Å². The molecule has 3 heterocycles. The van der Waals surface area contributed by atoms with E-state index in [9.17, 15) is 18.0 Å². The van der Waals surface area contributed by atoms with Crippen molar-refractivity contribution in [3.05, 3.63) is 40.4 Å². The second-order valence-corrected chi connectivity index (χ2v) is 8.06. The molecule has 0 bridgehead atoms. The highest BCUT2D eigenvalue weighted by molar-refractivity contribution is 7.15. The summed E-state index contributed by atoms with van der Waals surface area (Å²) >= 11 is 1.38. The Morgan fingerprint density at radius 2 is 1.96 bits per heavy atom. The van der Waals surface area contributed by atoms with Crippen molar-refractivity contribution in [1.29, 1.82) is 0 Å². The standard InChI is InChI=1S/C18H18F3N5OS/c1-10-23-24-18(28-10)25-5-3-14(15(21)9-25)17(27)26-16(2-4-22-26)11-6-12(19)8-13(20)7-11/h4,6-8,14-16H,2-3,5,9H2,1H3/t14-,15+,16+/m1/s1. The molecule has 2 aromatic rings. The predicted octanol–water partition coefficient (Wildman–Crippen LogP) is 3.25. The van der Waals surface area contributed by atoms with E-state index in [1.54, 1.807) is 4.90 Å². The average Bonchev–Trinajstić information content (AvgIpc) is 3.29. The molecule has 1 saturated heterocycles. The molecule has 148 valence electrons. The monoisotopic (exact) mass is 409 g/mol. The number of aryl methyl sites for hydroxylation is 1. The second kappa shape index (κ2) is 7.50. The topological polar surface area (TPSA) is 61.7 Å². The van der Waals surface area contributed by atoms with Crippen molar-refractivity contribution >= 4 is 28.6 Å². The number of benzene rings is 1. The molecule has 4 rings (SSSR count). The highest BCUT2D eigenvalue weighted by atomic mass is 32.1. The van der Waals surface area contributed by atoms with E-state index >= 15 is 0 Å². The lowest BCUT2D eigenvalue weighted by atomic mass is 9.93. The smallest absolute Gasteiger partial charge is 0.249 e. The summed E-state index contributed by atoms with van der Waals surface area (Å²) in [7, 11) is 0. The van der Waals surface area contributed by atoms with Crippen molar-refractivity contribution in [2.45, 2.75) is 32.0 Å². The van der Waals surface area contributed by atoms with Gasteiger partial charge < -0.3 is 4.90 Å². The van der Waals surface area contributed by atoms with E-state index in [1.165, 1.54) is 29.7 Å². The number of amides is 1. The maximum atomic E-state index is 14.8. The summed E-state index contributed by atoms with van der Waals surface area (Å²) in [4.78, 5) is 14.7. The number of anilines is 1. The van der Waals surface area contributed by atoms with Crippen LogP contribution in [0.5, 0.6) is 0 Å². The van der Waals surface area contributed by atoms with Crippen molar-refractivity contribution < 1.29 is 18.0 Å². The summed E-state index contributed by atoms with van der Waals surface area (Å²) in [5, 5.41) is 14.6. The number of alkyl halides is 1. The number of nitrogens with zero attached hydrogens (tertiary/aromatic N) is 5. The third-order valence-electron chi connectivity index (χ3n) is 4.97. The van der Waals surface area contributed by atoms with E-state index in [1.807, 2.05) is 6.92 Å².